The van der Waals surface area contributed by atoms with Crippen LogP contribution in [0.3, 0.4) is 0 Å². The maximum absolute atomic E-state index is 4.07. The molecule has 0 unspecified atom stereocenters. The summed E-state index contributed by atoms with van der Waals surface area (Å²) in [6.07, 6.45) is 10.6. The molecule has 2 aromatic carbocycles. The molecule has 1 nitrogen and oxygen atoms in total. The van der Waals surface area contributed by atoms with Crippen molar-refractivity contribution < 1.29 is 0 Å². The van der Waals surface area contributed by atoms with Gasteiger partial charge in [-0.3, -0.25) is 0 Å². The molecule has 0 N–H and O–H groups in total. The van der Waals surface area contributed by atoms with E-state index < -0.39 is 0 Å². The summed E-state index contributed by atoms with van der Waals surface area (Å²) in [5.41, 5.74) is 4.79. The van der Waals surface area contributed by atoms with Crippen LogP contribution in [0.15, 0.2) is 55.1 Å². The van der Waals surface area contributed by atoms with Gasteiger partial charge in [0.1, 0.15) is 0 Å². The molecule has 0 spiro atoms. The van der Waals surface area contributed by atoms with E-state index >= 15 is 0 Å². The first-order valence-electron chi connectivity index (χ1n) is 10.4. The van der Waals surface area contributed by atoms with Gasteiger partial charge in [-0.2, -0.15) is 0 Å². The molecule has 0 aliphatic heterocycles. The van der Waals surface area contributed by atoms with Crippen molar-refractivity contribution in [2.24, 2.45) is 0 Å². The smallest absolute Gasteiger partial charge is 0.0547 e. The van der Waals surface area contributed by atoms with Crippen molar-refractivity contribution in [2.45, 2.75) is 48.5 Å². The van der Waals surface area contributed by atoms with Crippen molar-refractivity contribution in [2.75, 3.05) is 0 Å². The Morgan fingerprint density at radius 2 is 1.46 bits per heavy atom. The molecule has 0 amide bonds. The van der Waals surface area contributed by atoms with Gasteiger partial charge in [-0.05, 0) is 50.1 Å². The normalized spacial score (nSPS) is 11.8. The molecule has 3 aromatic rings. The van der Waals surface area contributed by atoms with Crippen molar-refractivity contribution in [3.63, 3.8) is 0 Å². The first-order chi connectivity index (χ1) is 13.8. The fraction of sp³-hybridized carbons (Fsp3) is 0.259. The number of aromatic nitrogens is 1. The zero-order chi connectivity index (χ0) is 21.1. The van der Waals surface area contributed by atoms with Crippen LogP contribution in [-0.4, -0.2) is 4.57 Å². The largest absolute Gasteiger partial charge is 0.310 e. The number of rotatable bonds is 3. The van der Waals surface area contributed by atoms with Crippen LogP contribution in [0.1, 0.15) is 59.6 Å². The van der Waals surface area contributed by atoms with E-state index in [-0.39, 0.29) is 0 Å². The van der Waals surface area contributed by atoms with Gasteiger partial charge >= 0.3 is 0 Å². The third kappa shape index (κ3) is 4.36. The van der Waals surface area contributed by atoms with Crippen LogP contribution in [0.25, 0.3) is 40.9 Å². The standard InChI is InChI=1S/C23H23N.2C2H6/c1-5-12-17-15-16-22-23(19(17)6-2)20(7-3)21(8-4)24(22)18-13-10-9-11-14-18;2*1-2/h5-16H,2H2,1,3-4H3;2*1-2H3/b12-5-,20-7+,21-8+;;. The number of benzene rings is 2. The maximum Gasteiger partial charge on any atom is 0.0547 e. The van der Waals surface area contributed by atoms with E-state index in [2.05, 4.69) is 91.8 Å². The van der Waals surface area contributed by atoms with Crippen molar-refractivity contribution in [1.82, 2.24) is 4.57 Å². The summed E-state index contributed by atoms with van der Waals surface area (Å²) in [6.45, 7) is 18.3. The predicted octanol–water partition coefficient (Wildman–Crippen LogP) is 6.96. The van der Waals surface area contributed by atoms with Crippen LogP contribution in [0.2, 0.25) is 0 Å². The lowest BCUT2D eigenvalue weighted by Crippen LogP contribution is -2.27. The van der Waals surface area contributed by atoms with Crippen molar-refractivity contribution in [3.8, 4) is 5.69 Å². The monoisotopic (exact) mass is 373 g/mol. The van der Waals surface area contributed by atoms with Crippen LogP contribution in [0, 0.1) is 0 Å². The van der Waals surface area contributed by atoms with Crippen molar-refractivity contribution >= 4 is 35.2 Å². The second-order valence-electron chi connectivity index (χ2n) is 5.71. The van der Waals surface area contributed by atoms with Crippen molar-refractivity contribution in [1.29, 1.82) is 0 Å². The lowest BCUT2D eigenvalue weighted by Gasteiger charge is -2.08. The average Bonchev–Trinajstić information content (AvgIpc) is 3.10. The highest BCUT2D eigenvalue weighted by Crippen LogP contribution is 2.24. The van der Waals surface area contributed by atoms with Gasteiger partial charge in [0, 0.05) is 21.6 Å². The fourth-order valence-electron chi connectivity index (χ4n) is 3.45. The van der Waals surface area contributed by atoms with E-state index in [9.17, 15) is 0 Å². The van der Waals surface area contributed by atoms with Crippen LogP contribution in [0.5, 0.6) is 0 Å². The van der Waals surface area contributed by atoms with E-state index in [1.54, 1.807) is 0 Å². The Morgan fingerprint density at radius 3 is 1.96 bits per heavy atom. The molecule has 148 valence electrons. The van der Waals surface area contributed by atoms with Crippen molar-refractivity contribution in [3.05, 3.63) is 76.8 Å². The Balaban J connectivity index is 0.000000921. The topological polar surface area (TPSA) is 4.93 Å². The van der Waals surface area contributed by atoms with Gasteiger partial charge < -0.3 is 4.57 Å². The molecule has 0 aliphatic rings. The van der Waals surface area contributed by atoms with Gasteiger partial charge in [-0.25, -0.2) is 0 Å². The highest BCUT2D eigenvalue weighted by Gasteiger charge is 2.12. The summed E-state index contributed by atoms with van der Waals surface area (Å²) in [5.74, 6) is 0. The number of para-hydroxylation sites is 1. The van der Waals surface area contributed by atoms with E-state index in [1.807, 2.05) is 40.7 Å². The first kappa shape index (κ1) is 23.2. The minimum atomic E-state index is 1.18. The highest BCUT2D eigenvalue weighted by molar-refractivity contribution is 5.94. The second kappa shape index (κ2) is 11.8. The SMILES string of the molecule is C=Cc1c(/C=C\C)ccc2c1c(=C/C)/c(=C\C)n2-c1ccccc1.CC.CC. The first-order valence-corrected chi connectivity index (χ1v) is 10.4. The molecule has 28 heavy (non-hydrogen) atoms. The number of hydrogen-bond acceptors (Lipinski definition) is 0. The average molecular weight is 374 g/mol. The second-order valence-corrected chi connectivity index (χ2v) is 5.71. The minimum absolute atomic E-state index is 1.18. The number of fused-ring (bicyclic) bond motifs is 1. The molecule has 1 heterocycles. The molecule has 0 atom stereocenters. The molecule has 1 heteroatoms. The summed E-state index contributed by atoms with van der Waals surface area (Å²) in [5, 5.41) is 3.75. The molecule has 0 saturated carbocycles. The molecule has 0 radical (unpaired) electrons. The molecule has 1 aromatic heterocycles. The predicted molar refractivity (Wildman–Crippen MR) is 130 cm³/mol. The Labute approximate surface area is 171 Å². The van der Waals surface area contributed by atoms with Gasteiger partial charge in [0.25, 0.3) is 0 Å². The lowest BCUT2D eigenvalue weighted by atomic mass is 10.0. The van der Waals surface area contributed by atoms with Gasteiger partial charge in [0.2, 0.25) is 0 Å². The molecular formula is C27H35N. The molecule has 0 fully saturated rings. The summed E-state index contributed by atoms with van der Waals surface area (Å²) in [7, 11) is 0. The summed E-state index contributed by atoms with van der Waals surface area (Å²) in [6, 6.07) is 14.9. The molecule has 0 aliphatic carbocycles. The molecule has 0 bridgehead atoms. The summed E-state index contributed by atoms with van der Waals surface area (Å²) < 4.78 is 2.33. The zero-order valence-corrected chi connectivity index (χ0v) is 18.6. The summed E-state index contributed by atoms with van der Waals surface area (Å²) in [4.78, 5) is 0. The summed E-state index contributed by atoms with van der Waals surface area (Å²) >= 11 is 0. The number of nitrogens with zero attached hydrogens (tertiary/aromatic N) is 1. The molecular weight excluding hydrogens is 338 g/mol. The molecule has 3 rings (SSSR count). The third-order valence-electron chi connectivity index (χ3n) is 4.41. The highest BCUT2D eigenvalue weighted by atomic mass is 15.0. The zero-order valence-electron chi connectivity index (χ0n) is 18.6. The van der Waals surface area contributed by atoms with Gasteiger partial charge in [0.05, 0.1) is 5.52 Å². The van der Waals surface area contributed by atoms with Crippen LogP contribution < -0.4 is 10.6 Å². The van der Waals surface area contributed by atoms with Gasteiger partial charge in [-0.1, -0.05) is 88.9 Å². The third-order valence-corrected chi connectivity index (χ3v) is 4.41. The van der Waals surface area contributed by atoms with Gasteiger partial charge in [0.15, 0.2) is 0 Å². The lowest BCUT2D eigenvalue weighted by molar-refractivity contribution is 1.07. The quantitative estimate of drug-likeness (QED) is 0.467. The Hall–Kier alpha value is -2.80. The Kier molecular flexibility index (Phi) is 9.81. The maximum atomic E-state index is 4.07. The van der Waals surface area contributed by atoms with E-state index in [0.717, 1.165) is 0 Å². The Morgan fingerprint density at radius 1 is 0.821 bits per heavy atom. The van der Waals surface area contributed by atoms with E-state index in [0.29, 0.717) is 0 Å². The number of allylic oxidation sites excluding steroid dienone is 1. The minimum Gasteiger partial charge on any atom is -0.310 e. The fourth-order valence-corrected chi connectivity index (χ4v) is 3.45. The number of hydrogen-bond donors (Lipinski definition) is 0. The van der Waals surface area contributed by atoms with E-state index in [4.69, 9.17) is 0 Å². The van der Waals surface area contributed by atoms with Crippen LogP contribution >= 0.6 is 0 Å². The van der Waals surface area contributed by atoms with Crippen LogP contribution in [-0.2, 0) is 0 Å². The van der Waals surface area contributed by atoms with Gasteiger partial charge in [-0.15, -0.1) is 0 Å². The van der Waals surface area contributed by atoms with Crippen LogP contribution in [0.4, 0.5) is 0 Å². The van der Waals surface area contributed by atoms with E-state index in [1.165, 1.54) is 38.3 Å². The Bertz CT molecular complexity index is 1030. The molecule has 0 saturated heterocycles.